The lowest BCUT2D eigenvalue weighted by atomic mass is 10.1. The molecule has 0 saturated carbocycles. The number of hydrogen-bond donors (Lipinski definition) is 2. The first-order chi connectivity index (χ1) is 9.86. The molecule has 1 heterocycles. The standard InChI is InChI=1S/C13H7Cl2FN2O3/c14-10-3-6(4-11(15)18-10)12(19)17-7-1-2-9(16)8(5-7)13(20)21/h1-5H,(H,17,19)(H,20,21). The number of carboxylic acid groups (broad SMARTS) is 1. The predicted molar refractivity (Wildman–Crippen MR) is 75.6 cm³/mol. The summed E-state index contributed by atoms with van der Waals surface area (Å²) in [5, 5.41) is 11.3. The first-order valence-electron chi connectivity index (χ1n) is 5.54. The number of nitrogens with one attached hydrogen (secondary N) is 1. The zero-order valence-corrected chi connectivity index (χ0v) is 11.7. The van der Waals surface area contributed by atoms with E-state index in [2.05, 4.69) is 10.3 Å². The maximum atomic E-state index is 13.2. The highest BCUT2D eigenvalue weighted by molar-refractivity contribution is 6.33. The van der Waals surface area contributed by atoms with E-state index >= 15 is 0 Å². The van der Waals surface area contributed by atoms with Crippen LogP contribution in [0.25, 0.3) is 0 Å². The van der Waals surface area contributed by atoms with Crippen LogP contribution in [-0.2, 0) is 0 Å². The van der Waals surface area contributed by atoms with Crippen LogP contribution in [0.1, 0.15) is 20.7 Å². The van der Waals surface area contributed by atoms with Gasteiger partial charge < -0.3 is 10.4 Å². The fourth-order valence-corrected chi connectivity index (χ4v) is 2.03. The summed E-state index contributed by atoms with van der Waals surface area (Å²) in [4.78, 5) is 26.5. The Bertz CT molecular complexity index is 717. The van der Waals surface area contributed by atoms with Crippen molar-refractivity contribution >= 4 is 40.8 Å². The number of amides is 1. The molecule has 1 aromatic carbocycles. The van der Waals surface area contributed by atoms with Gasteiger partial charge in [-0.05, 0) is 30.3 Å². The molecule has 0 fully saturated rings. The van der Waals surface area contributed by atoms with Crippen molar-refractivity contribution < 1.29 is 19.1 Å². The molecule has 2 rings (SSSR count). The molecule has 0 spiro atoms. The fraction of sp³-hybridized carbons (Fsp3) is 0. The average molecular weight is 329 g/mol. The van der Waals surface area contributed by atoms with E-state index in [0.717, 1.165) is 12.1 Å². The van der Waals surface area contributed by atoms with Crippen molar-refractivity contribution in [2.45, 2.75) is 0 Å². The van der Waals surface area contributed by atoms with Gasteiger partial charge in [0.15, 0.2) is 0 Å². The second-order valence-electron chi connectivity index (χ2n) is 3.96. The molecule has 0 atom stereocenters. The molecule has 5 nitrogen and oxygen atoms in total. The number of pyridine rings is 1. The molecule has 21 heavy (non-hydrogen) atoms. The number of carbonyl (C=O) groups excluding carboxylic acids is 1. The fourth-order valence-electron chi connectivity index (χ4n) is 1.57. The highest BCUT2D eigenvalue weighted by atomic mass is 35.5. The normalized spacial score (nSPS) is 10.2. The number of carbonyl (C=O) groups is 2. The molecular formula is C13H7Cl2FN2O3. The Hall–Kier alpha value is -2.18. The van der Waals surface area contributed by atoms with E-state index in [4.69, 9.17) is 28.3 Å². The highest BCUT2D eigenvalue weighted by Gasteiger charge is 2.13. The van der Waals surface area contributed by atoms with Crippen LogP contribution in [0, 0.1) is 5.82 Å². The molecule has 0 saturated heterocycles. The lowest BCUT2D eigenvalue weighted by Gasteiger charge is -2.07. The van der Waals surface area contributed by atoms with Gasteiger partial charge in [-0.1, -0.05) is 23.2 Å². The van der Waals surface area contributed by atoms with E-state index in [1.807, 2.05) is 0 Å². The van der Waals surface area contributed by atoms with E-state index < -0.39 is 23.3 Å². The van der Waals surface area contributed by atoms with Crippen molar-refractivity contribution in [3.63, 3.8) is 0 Å². The number of carboxylic acids is 1. The number of aromatic carboxylic acids is 1. The maximum absolute atomic E-state index is 13.2. The Morgan fingerprint density at radius 1 is 1.14 bits per heavy atom. The van der Waals surface area contributed by atoms with Gasteiger partial charge in [-0.3, -0.25) is 4.79 Å². The molecule has 8 heteroatoms. The molecule has 0 bridgehead atoms. The largest absolute Gasteiger partial charge is 0.478 e. The number of nitrogens with zero attached hydrogens (tertiary/aromatic N) is 1. The molecule has 2 N–H and O–H groups in total. The van der Waals surface area contributed by atoms with E-state index in [1.165, 1.54) is 18.2 Å². The van der Waals surface area contributed by atoms with Gasteiger partial charge in [-0.15, -0.1) is 0 Å². The van der Waals surface area contributed by atoms with Gasteiger partial charge in [0.05, 0.1) is 5.56 Å². The van der Waals surface area contributed by atoms with Crippen molar-refractivity contribution in [2.75, 3.05) is 5.32 Å². The lowest BCUT2D eigenvalue weighted by molar-refractivity contribution is 0.0691. The average Bonchev–Trinajstić information content (AvgIpc) is 2.39. The number of benzene rings is 1. The Labute approximate surface area is 128 Å². The van der Waals surface area contributed by atoms with Gasteiger partial charge in [0.1, 0.15) is 16.1 Å². The smallest absolute Gasteiger partial charge is 0.338 e. The minimum Gasteiger partial charge on any atom is -0.478 e. The van der Waals surface area contributed by atoms with Crippen molar-refractivity contribution in [3.05, 3.63) is 57.6 Å². The minimum atomic E-state index is -1.43. The summed E-state index contributed by atoms with van der Waals surface area (Å²) in [6, 6.07) is 5.80. The van der Waals surface area contributed by atoms with Crippen LogP contribution in [0.3, 0.4) is 0 Å². The summed E-state index contributed by atoms with van der Waals surface area (Å²) in [7, 11) is 0. The first-order valence-corrected chi connectivity index (χ1v) is 6.29. The molecule has 2 aromatic rings. The first kappa shape index (κ1) is 15.2. The van der Waals surface area contributed by atoms with E-state index in [-0.39, 0.29) is 21.6 Å². The van der Waals surface area contributed by atoms with Gasteiger partial charge in [-0.25, -0.2) is 14.2 Å². The number of rotatable bonds is 3. The van der Waals surface area contributed by atoms with Gasteiger partial charge in [-0.2, -0.15) is 0 Å². The summed E-state index contributed by atoms with van der Waals surface area (Å²) < 4.78 is 13.2. The number of aromatic nitrogens is 1. The zero-order valence-electron chi connectivity index (χ0n) is 10.2. The van der Waals surface area contributed by atoms with Crippen molar-refractivity contribution in [1.29, 1.82) is 0 Å². The van der Waals surface area contributed by atoms with E-state index in [9.17, 15) is 14.0 Å². The minimum absolute atomic E-state index is 0.0398. The molecule has 0 radical (unpaired) electrons. The third kappa shape index (κ3) is 3.68. The Kier molecular flexibility index (Phi) is 4.40. The van der Waals surface area contributed by atoms with Crippen LogP contribution in [-0.4, -0.2) is 22.0 Å². The second kappa shape index (κ2) is 6.07. The highest BCUT2D eigenvalue weighted by Crippen LogP contribution is 2.18. The van der Waals surface area contributed by atoms with E-state index in [1.54, 1.807) is 0 Å². The molecule has 0 aliphatic rings. The van der Waals surface area contributed by atoms with Crippen LogP contribution in [0.5, 0.6) is 0 Å². The summed E-state index contributed by atoms with van der Waals surface area (Å²) >= 11 is 11.4. The third-order valence-corrected chi connectivity index (χ3v) is 2.87. The summed E-state index contributed by atoms with van der Waals surface area (Å²) in [6.45, 7) is 0. The van der Waals surface area contributed by atoms with Gasteiger partial charge in [0.2, 0.25) is 0 Å². The quantitative estimate of drug-likeness (QED) is 0.845. The molecule has 0 aliphatic carbocycles. The zero-order chi connectivity index (χ0) is 15.6. The van der Waals surface area contributed by atoms with E-state index in [0.29, 0.717) is 0 Å². The van der Waals surface area contributed by atoms with Crippen molar-refractivity contribution in [2.24, 2.45) is 0 Å². The number of hydrogen-bond acceptors (Lipinski definition) is 3. The Morgan fingerprint density at radius 3 is 2.33 bits per heavy atom. The van der Waals surface area contributed by atoms with Gasteiger partial charge >= 0.3 is 5.97 Å². The monoisotopic (exact) mass is 328 g/mol. The van der Waals surface area contributed by atoms with Gasteiger partial charge in [0.25, 0.3) is 5.91 Å². The molecule has 1 amide bonds. The summed E-state index contributed by atoms with van der Waals surface area (Å²) in [5.74, 6) is -2.90. The summed E-state index contributed by atoms with van der Waals surface area (Å²) in [5.41, 5.74) is -0.275. The lowest BCUT2D eigenvalue weighted by Crippen LogP contribution is -2.13. The van der Waals surface area contributed by atoms with Crippen LogP contribution in [0.4, 0.5) is 10.1 Å². The van der Waals surface area contributed by atoms with Crippen LogP contribution >= 0.6 is 23.2 Å². The van der Waals surface area contributed by atoms with Crippen molar-refractivity contribution in [1.82, 2.24) is 4.98 Å². The summed E-state index contributed by atoms with van der Waals surface area (Å²) in [6.07, 6.45) is 0. The second-order valence-corrected chi connectivity index (χ2v) is 4.73. The molecule has 0 unspecified atom stereocenters. The van der Waals surface area contributed by atoms with Crippen molar-refractivity contribution in [3.8, 4) is 0 Å². The van der Waals surface area contributed by atoms with Gasteiger partial charge in [0, 0.05) is 11.3 Å². The Morgan fingerprint density at radius 2 is 1.76 bits per heavy atom. The molecular weight excluding hydrogens is 322 g/mol. The Balaban J connectivity index is 2.27. The maximum Gasteiger partial charge on any atom is 0.338 e. The van der Waals surface area contributed by atoms with Crippen LogP contribution in [0.2, 0.25) is 10.3 Å². The molecule has 0 aliphatic heterocycles. The third-order valence-electron chi connectivity index (χ3n) is 2.48. The number of anilines is 1. The SMILES string of the molecule is O=C(Nc1ccc(F)c(C(=O)O)c1)c1cc(Cl)nc(Cl)c1. The number of halogens is 3. The predicted octanol–water partition coefficient (Wildman–Crippen LogP) is 3.48. The van der Waals surface area contributed by atoms with Crippen LogP contribution < -0.4 is 5.32 Å². The molecule has 108 valence electrons. The van der Waals surface area contributed by atoms with Crippen LogP contribution in [0.15, 0.2) is 30.3 Å². The topological polar surface area (TPSA) is 79.3 Å². The molecule has 1 aromatic heterocycles.